The quantitative estimate of drug-likeness (QED) is 0.205. The second-order valence-corrected chi connectivity index (χ2v) is 6.68. The summed E-state index contributed by atoms with van der Waals surface area (Å²) in [5.74, 6) is -1.85. The van der Waals surface area contributed by atoms with Crippen LogP contribution in [0.5, 0.6) is 5.75 Å². The van der Waals surface area contributed by atoms with E-state index in [0.717, 1.165) is 32.4 Å². The summed E-state index contributed by atoms with van der Waals surface area (Å²) in [5.41, 5.74) is -2.97. The number of carbonyl (C=O) groups excluding carboxylic acids is 1. The Labute approximate surface area is 183 Å². The predicted octanol–water partition coefficient (Wildman–Crippen LogP) is 3.80. The number of esters is 1. The van der Waals surface area contributed by atoms with Crippen LogP contribution in [-0.4, -0.2) is 35.9 Å². The molecule has 2 aromatic rings. The van der Waals surface area contributed by atoms with E-state index < -0.39 is 39.7 Å². The molecular formula is C18H15ClF4N2O5S. The first-order valence-electron chi connectivity index (χ1n) is 8.25. The number of carbonyl (C=O) groups is 1. The first-order valence-corrected chi connectivity index (χ1v) is 9.04. The standard InChI is InChI=1S/C18H15ClF4N2O5S/c1-24-14(18(21,22)23)7-15(26)25(17(24)31)12-6-13(10(19)5-11(12)20)30-8-9(28-2)4-16(27)29-3/h4-7H,8H2,1-3H3. The summed E-state index contributed by atoms with van der Waals surface area (Å²) >= 11 is 10.9. The highest BCUT2D eigenvalue weighted by atomic mass is 35.5. The van der Waals surface area contributed by atoms with E-state index in [1.165, 1.54) is 7.11 Å². The average Bonchev–Trinajstić information content (AvgIpc) is 2.69. The highest BCUT2D eigenvalue weighted by Gasteiger charge is 2.34. The summed E-state index contributed by atoms with van der Waals surface area (Å²) in [6.45, 7) is -0.327. The number of nitrogens with zero attached hydrogens (tertiary/aromatic N) is 2. The van der Waals surface area contributed by atoms with Crippen molar-refractivity contribution in [2.75, 3.05) is 20.8 Å². The minimum Gasteiger partial charge on any atom is -0.497 e. The fourth-order valence-electron chi connectivity index (χ4n) is 2.42. The molecule has 31 heavy (non-hydrogen) atoms. The van der Waals surface area contributed by atoms with Crippen molar-refractivity contribution in [2.45, 2.75) is 6.18 Å². The number of rotatable bonds is 6. The molecule has 0 aliphatic heterocycles. The number of methoxy groups -OCH3 is 2. The molecule has 0 N–H and O–H groups in total. The van der Waals surface area contributed by atoms with Gasteiger partial charge in [-0.05, 0) is 18.3 Å². The van der Waals surface area contributed by atoms with Gasteiger partial charge in [-0.25, -0.2) is 9.18 Å². The van der Waals surface area contributed by atoms with Crippen molar-refractivity contribution in [3.8, 4) is 11.4 Å². The molecule has 0 fully saturated rings. The van der Waals surface area contributed by atoms with Crippen LogP contribution in [0.2, 0.25) is 5.02 Å². The molecule has 0 bridgehead atoms. The van der Waals surface area contributed by atoms with Gasteiger partial charge in [-0.3, -0.25) is 9.36 Å². The lowest BCUT2D eigenvalue weighted by atomic mass is 10.2. The lowest BCUT2D eigenvalue weighted by molar-refractivity contribution is -0.144. The molecule has 0 unspecified atom stereocenters. The Morgan fingerprint density at radius 3 is 2.42 bits per heavy atom. The summed E-state index contributed by atoms with van der Waals surface area (Å²) < 4.78 is 69.1. The molecule has 1 heterocycles. The molecule has 1 aromatic carbocycles. The third-order valence-corrected chi connectivity index (χ3v) is 4.72. The normalized spacial score (nSPS) is 11.9. The molecule has 0 radical (unpaired) electrons. The third kappa shape index (κ3) is 5.44. The van der Waals surface area contributed by atoms with Crippen molar-refractivity contribution in [2.24, 2.45) is 7.05 Å². The SMILES string of the molecule is COC(=O)C=C(COc1cc(-n2c(=O)cc(C(F)(F)F)n(C)c2=S)c(F)cc1Cl)OC. The van der Waals surface area contributed by atoms with Crippen LogP contribution in [0.25, 0.3) is 5.69 Å². The number of halogens is 5. The van der Waals surface area contributed by atoms with E-state index >= 15 is 0 Å². The maximum atomic E-state index is 14.6. The number of benzene rings is 1. The van der Waals surface area contributed by atoms with Crippen molar-refractivity contribution in [1.29, 1.82) is 0 Å². The van der Waals surface area contributed by atoms with E-state index in [1.54, 1.807) is 0 Å². The first-order chi connectivity index (χ1) is 14.4. The Balaban J connectivity index is 2.55. The van der Waals surface area contributed by atoms with Gasteiger partial charge in [0.25, 0.3) is 5.56 Å². The lowest BCUT2D eigenvalue weighted by Gasteiger charge is -2.17. The molecule has 0 aliphatic rings. The third-order valence-electron chi connectivity index (χ3n) is 3.96. The van der Waals surface area contributed by atoms with Gasteiger partial charge in [0.2, 0.25) is 0 Å². The number of hydrogen-bond donors (Lipinski definition) is 0. The molecule has 13 heteroatoms. The number of alkyl halides is 3. The number of ether oxygens (including phenoxy) is 3. The average molecular weight is 483 g/mol. The zero-order valence-electron chi connectivity index (χ0n) is 16.3. The Bertz CT molecular complexity index is 1160. The molecule has 7 nitrogen and oxygen atoms in total. The summed E-state index contributed by atoms with van der Waals surface area (Å²) in [4.78, 5) is 23.6. The van der Waals surface area contributed by atoms with E-state index in [1.807, 2.05) is 0 Å². The van der Waals surface area contributed by atoms with E-state index in [2.05, 4.69) is 4.74 Å². The van der Waals surface area contributed by atoms with E-state index in [0.29, 0.717) is 15.2 Å². The number of aromatic nitrogens is 2. The fourth-order valence-corrected chi connectivity index (χ4v) is 2.91. The maximum absolute atomic E-state index is 14.6. The van der Waals surface area contributed by atoms with Crippen molar-refractivity contribution in [1.82, 2.24) is 9.13 Å². The van der Waals surface area contributed by atoms with Crippen molar-refractivity contribution < 1.29 is 36.6 Å². The molecule has 0 saturated heterocycles. The van der Waals surface area contributed by atoms with Crippen LogP contribution in [0.3, 0.4) is 0 Å². The Kier molecular flexibility index (Phi) is 7.49. The molecule has 168 valence electrons. The van der Waals surface area contributed by atoms with E-state index in [9.17, 15) is 27.2 Å². The van der Waals surface area contributed by atoms with Gasteiger partial charge in [0.1, 0.15) is 29.6 Å². The van der Waals surface area contributed by atoms with Crippen LogP contribution in [0.4, 0.5) is 17.6 Å². The Hall–Kier alpha value is -2.86. The van der Waals surface area contributed by atoms with Crippen LogP contribution >= 0.6 is 23.8 Å². The van der Waals surface area contributed by atoms with Gasteiger partial charge in [0.05, 0.1) is 31.0 Å². The molecule has 0 spiro atoms. The van der Waals surface area contributed by atoms with Crippen LogP contribution in [0, 0.1) is 10.6 Å². The molecule has 0 aliphatic carbocycles. The lowest BCUT2D eigenvalue weighted by Crippen LogP contribution is -2.28. The molecule has 2 rings (SSSR count). The second-order valence-electron chi connectivity index (χ2n) is 5.90. The molecule has 1 aromatic heterocycles. The zero-order chi connectivity index (χ0) is 23.5. The fraction of sp³-hybridized carbons (Fsp3) is 0.278. The van der Waals surface area contributed by atoms with Gasteiger partial charge in [-0.2, -0.15) is 13.2 Å². The van der Waals surface area contributed by atoms with E-state index in [4.69, 9.17) is 33.3 Å². The van der Waals surface area contributed by atoms with Crippen molar-refractivity contribution in [3.05, 3.63) is 61.7 Å². The van der Waals surface area contributed by atoms with Gasteiger partial charge in [0.15, 0.2) is 4.77 Å². The van der Waals surface area contributed by atoms with Crippen LogP contribution in [-0.2, 0) is 27.5 Å². The largest absolute Gasteiger partial charge is 0.497 e. The summed E-state index contributed by atoms with van der Waals surface area (Å²) in [7, 11) is 3.42. The highest BCUT2D eigenvalue weighted by Crippen LogP contribution is 2.31. The number of hydrogen-bond acceptors (Lipinski definition) is 6. The monoisotopic (exact) mass is 482 g/mol. The van der Waals surface area contributed by atoms with Gasteiger partial charge in [-0.1, -0.05) is 11.6 Å². The van der Waals surface area contributed by atoms with Gasteiger partial charge >= 0.3 is 12.1 Å². The zero-order valence-corrected chi connectivity index (χ0v) is 17.8. The second kappa shape index (κ2) is 9.52. The van der Waals surface area contributed by atoms with Crippen molar-refractivity contribution in [3.63, 3.8) is 0 Å². The summed E-state index contributed by atoms with van der Waals surface area (Å²) in [6.07, 6.45) is -3.84. The Morgan fingerprint density at radius 1 is 1.23 bits per heavy atom. The summed E-state index contributed by atoms with van der Waals surface area (Å²) in [6, 6.07) is 2.10. The smallest absolute Gasteiger partial charge is 0.431 e. The molecular weight excluding hydrogens is 468 g/mol. The van der Waals surface area contributed by atoms with Crippen LogP contribution in [0.15, 0.2) is 34.8 Å². The van der Waals surface area contributed by atoms with Crippen LogP contribution in [0.1, 0.15) is 5.69 Å². The predicted molar refractivity (Wildman–Crippen MR) is 104 cm³/mol. The topological polar surface area (TPSA) is 71.7 Å². The minimum absolute atomic E-state index is 0.0378. The van der Waals surface area contributed by atoms with Gasteiger partial charge in [-0.15, -0.1) is 0 Å². The minimum atomic E-state index is -4.84. The molecule has 0 saturated carbocycles. The maximum Gasteiger partial charge on any atom is 0.431 e. The summed E-state index contributed by atoms with van der Waals surface area (Å²) in [5, 5.41) is -0.204. The molecule has 0 amide bonds. The van der Waals surface area contributed by atoms with Gasteiger partial charge < -0.3 is 18.8 Å². The van der Waals surface area contributed by atoms with Crippen LogP contribution < -0.4 is 10.3 Å². The Morgan fingerprint density at radius 2 is 1.87 bits per heavy atom. The van der Waals surface area contributed by atoms with Gasteiger partial charge in [0, 0.05) is 19.2 Å². The van der Waals surface area contributed by atoms with Crippen molar-refractivity contribution >= 4 is 29.8 Å². The molecule has 0 atom stereocenters. The highest BCUT2D eigenvalue weighted by molar-refractivity contribution is 7.71. The van der Waals surface area contributed by atoms with E-state index in [-0.39, 0.29) is 23.1 Å². The first kappa shape index (κ1) is 24.4.